The van der Waals surface area contributed by atoms with Crippen molar-refractivity contribution in [2.75, 3.05) is 31.3 Å². The number of ether oxygens (including phenoxy) is 3. The van der Waals surface area contributed by atoms with Gasteiger partial charge in [-0.2, -0.15) is 0 Å². The lowest BCUT2D eigenvalue weighted by Gasteiger charge is -2.19. The van der Waals surface area contributed by atoms with E-state index >= 15 is 0 Å². The summed E-state index contributed by atoms with van der Waals surface area (Å²) in [5.74, 6) is 0.762. The fourth-order valence-electron chi connectivity index (χ4n) is 2.94. The third-order valence-corrected chi connectivity index (χ3v) is 4.20. The number of nitrogens with zero attached hydrogens (tertiary/aromatic N) is 1. The van der Waals surface area contributed by atoms with E-state index in [1.807, 2.05) is 0 Å². The molecule has 1 N–H and O–H groups in total. The molecular formula is C18H16FNO5. The van der Waals surface area contributed by atoms with Gasteiger partial charge in [0.05, 0.1) is 18.8 Å². The molecule has 2 aromatic rings. The van der Waals surface area contributed by atoms with Crippen LogP contribution in [0.5, 0.6) is 11.5 Å². The largest absolute Gasteiger partial charge is 0.486 e. The number of anilines is 1. The van der Waals surface area contributed by atoms with E-state index in [4.69, 9.17) is 19.3 Å². The highest BCUT2D eigenvalue weighted by molar-refractivity contribution is 5.90. The molecule has 2 heterocycles. The summed E-state index contributed by atoms with van der Waals surface area (Å²) in [7, 11) is 0. The second-order valence-corrected chi connectivity index (χ2v) is 5.82. The Morgan fingerprint density at radius 1 is 1.12 bits per heavy atom. The number of hydrogen-bond acceptors (Lipinski definition) is 5. The van der Waals surface area contributed by atoms with Crippen molar-refractivity contribution in [3.63, 3.8) is 0 Å². The Kier molecular flexibility index (Phi) is 3.93. The predicted octanol–water partition coefficient (Wildman–Crippen LogP) is 2.58. The van der Waals surface area contributed by atoms with Gasteiger partial charge in [-0.05, 0) is 35.9 Å². The van der Waals surface area contributed by atoms with Crippen molar-refractivity contribution in [1.82, 2.24) is 0 Å². The first kappa shape index (κ1) is 15.7. The van der Waals surface area contributed by atoms with Crippen molar-refractivity contribution in [1.29, 1.82) is 0 Å². The van der Waals surface area contributed by atoms with Gasteiger partial charge in [0, 0.05) is 5.56 Å². The van der Waals surface area contributed by atoms with Gasteiger partial charge in [0.25, 0.3) is 0 Å². The molecule has 4 rings (SSSR count). The van der Waals surface area contributed by atoms with Crippen LogP contribution < -0.4 is 14.4 Å². The molecule has 1 fully saturated rings. The second-order valence-electron chi connectivity index (χ2n) is 5.82. The molecule has 130 valence electrons. The molecule has 2 aliphatic heterocycles. The van der Waals surface area contributed by atoms with Crippen molar-refractivity contribution >= 4 is 11.8 Å². The normalized spacial score (nSPS) is 19.0. The van der Waals surface area contributed by atoms with Crippen LogP contribution in [-0.4, -0.2) is 43.7 Å². The van der Waals surface area contributed by atoms with Crippen LogP contribution in [0.4, 0.5) is 14.9 Å². The van der Waals surface area contributed by atoms with E-state index in [1.165, 1.54) is 11.0 Å². The number of rotatable bonds is 3. The molecule has 0 unspecified atom stereocenters. The van der Waals surface area contributed by atoms with E-state index in [0.717, 1.165) is 0 Å². The van der Waals surface area contributed by atoms with Gasteiger partial charge >= 0.3 is 6.09 Å². The predicted molar refractivity (Wildman–Crippen MR) is 87.5 cm³/mol. The Balaban J connectivity index is 1.63. The number of halogens is 1. The van der Waals surface area contributed by atoms with Gasteiger partial charge in [-0.25, -0.2) is 9.18 Å². The zero-order chi connectivity index (χ0) is 17.4. The van der Waals surface area contributed by atoms with Gasteiger partial charge in [0.15, 0.2) is 11.5 Å². The average Bonchev–Trinajstić information content (AvgIpc) is 3.02. The van der Waals surface area contributed by atoms with Crippen LogP contribution in [0.2, 0.25) is 0 Å². The van der Waals surface area contributed by atoms with Crippen LogP contribution >= 0.6 is 0 Å². The zero-order valence-corrected chi connectivity index (χ0v) is 13.3. The highest BCUT2D eigenvalue weighted by atomic mass is 19.1. The standard InChI is InChI=1S/C18H16FNO5/c19-15-8-12(20-9-13(10-21)25-18(20)22)2-3-14(15)11-1-4-16-17(7-11)24-6-5-23-16/h1-4,7-8,13,21H,5-6,9-10H2/t13-/m1/s1. The molecule has 0 spiro atoms. The summed E-state index contributed by atoms with van der Waals surface area (Å²) in [4.78, 5) is 13.1. The second kappa shape index (κ2) is 6.25. The van der Waals surface area contributed by atoms with Crippen molar-refractivity contribution in [3.05, 3.63) is 42.2 Å². The van der Waals surface area contributed by atoms with Gasteiger partial charge in [-0.1, -0.05) is 6.07 Å². The fraction of sp³-hybridized carbons (Fsp3) is 0.278. The number of aliphatic hydroxyl groups excluding tert-OH is 1. The molecule has 0 aromatic heterocycles. The molecular weight excluding hydrogens is 329 g/mol. The lowest BCUT2D eigenvalue weighted by molar-refractivity contribution is 0.0963. The molecule has 1 atom stereocenters. The molecule has 25 heavy (non-hydrogen) atoms. The van der Waals surface area contributed by atoms with E-state index in [0.29, 0.717) is 41.5 Å². The number of fused-ring (bicyclic) bond motifs is 1. The quantitative estimate of drug-likeness (QED) is 0.926. The van der Waals surface area contributed by atoms with E-state index < -0.39 is 18.0 Å². The Morgan fingerprint density at radius 2 is 1.92 bits per heavy atom. The highest BCUT2D eigenvalue weighted by Crippen LogP contribution is 2.36. The summed E-state index contributed by atoms with van der Waals surface area (Å²) in [6.07, 6.45) is -1.18. The monoisotopic (exact) mass is 345 g/mol. The first-order valence-corrected chi connectivity index (χ1v) is 7.94. The Labute approximate surface area is 143 Å². The smallest absolute Gasteiger partial charge is 0.414 e. The number of cyclic esters (lactones) is 1. The van der Waals surface area contributed by atoms with Crippen molar-refractivity contribution in [3.8, 4) is 22.6 Å². The summed E-state index contributed by atoms with van der Waals surface area (Å²) in [6.45, 7) is 0.884. The van der Waals surface area contributed by atoms with Crippen molar-refractivity contribution in [2.24, 2.45) is 0 Å². The number of amides is 1. The number of carbonyl (C=O) groups is 1. The lowest BCUT2D eigenvalue weighted by atomic mass is 10.0. The molecule has 2 aromatic carbocycles. The zero-order valence-electron chi connectivity index (χ0n) is 13.3. The molecule has 7 heteroatoms. The van der Waals surface area contributed by atoms with Crippen molar-refractivity contribution in [2.45, 2.75) is 6.10 Å². The molecule has 0 aliphatic carbocycles. The third-order valence-electron chi connectivity index (χ3n) is 4.20. The van der Waals surface area contributed by atoms with Crippen LogP contribution in [0.1, 0.15) is 0 Å². The number of carbonyl (C=O) groups excluding carboxylic acids is 1. The molecule has 1 saturated heterocycles. The maximum Gasteiger partial charge on any atom is 0.414 e. The SMILES string of the molecule is O=C1O[C@@H](CO)CN1c1ccc(-c2ccc3c(c2)OCCO3)c(F)c1. The summed E-state index contributed by atoms with van der Waals surface area (Å²) in [5.41, 5.74) is 1.44. The summed E-state index contributed by atoms with van der Waals surface area (Å²) >= 11 is 0. The maximum atomic E-state index is 14.6. The first-order chi connectivity index (χ1) is 12.2. The van der Waals surface area contributed by atoms with Crippen LogP contribution in [0.25, 0.3) is 11.1 Å². The van der Waals surface area contributed by atoms with Crippen LogP contribution in [0.15, 0.2) is 36.4 Å². The van der Waals surface area contributed by atoms with Crippen LogP contribution in [0, 0.1) is 5.82 Å². The van der Waals surface area contributed by atoms with Gasteiger partial charge in [0.1, 0.15) is 25.1 Å². The molecule has 6 nitrogen and oxygen atoms in total. The molecule has 1 amide bonds. The van der Waals surface area contributed by atoms with E-state index in [2.05, 4.69) is 0 Å². The topological polar surface area (TPSA) is 68.2 Å². The fourth-order valence-corrected chi connectivity index (χ4v) is 2.94. The van der Waals surface area contributed by atoms with Gasteiger partial charge in [0.2, 0.25) is 0 Å². The minimum Gasteiger partial charge on any atom is -0.486 e. The minimum absolute atomic E-state index is 0.193. The summed E-state index contributed by atoms with van der Waals surface area (Å²) < 4.78 is 30.6. The number of aliphatic hydroxyl groups is 1. The van der Waals surface area contributed by atoms with E-state index in [-0.39, 0.29) is 13.2 Å². The van der Waals surface area contributed by atoms with Crippen molar-refractivity contribution < 1.29 is 28.5 Å². The maximum absolute atomic E-state index is 14.6. The lowest BCUT2D eigenvalue weighted by Crippen LogP contribution is -2.25. The van der Waals surface area contributed by atoms with E-state index in [1.54, 1.807) is 30.3 Å². The Morgan fingerprint density at radius 3 is 2.64 bits per heavy atom. The molecule has 2 aliphatic rings. The Hall–Kier alpha value is -2.80. The molecule has 0 saturated carbocycles. The van der Waals surface area contributed by atoms with Crippen LogP contribution in [0.3, 0.4) is 0 Å². The van der Waals surface area contributed by atoms with Gasteiger partial charge in [-0.15, -0.1) is 0 Å². The number of hydrogen-bond donors (Lipinski definition) is 1. The highest BCUT2D eigenvalue weighted by Gasteiger charge is 2.32. The minimum atomic E-state index is -0.592. The first-order valence-electron chi connectivity index (χ1n) is 7.94. The average molecular weight is 345 g/mol. The summed E-state index contributed by atoms with van der Waals surface area (Å²) in [5, 5.41) is 9.09. The van der Waals surface area contributed by atoms with Crippen LogP contribution in [-0.2, 0) is 4.74 Å². The Bertz CT molecular complexity index is 825. The molecule has 0 radical (unpaired) electrons. The van der Waals surface area contributed by atoms with E-state index in [9.17, 15) is 9.18 Å². The number of benzene rings is 2. The molecule has 0 bridgehead atoms. The van der Waals surface area contributed by atoms with Gasteiger partial charge < -0.3 is 19.3 Å². The summed E-state index contributed by atoms with van der Waals surface area (Å²) in [6, 6.07) is 9.79. The van der Waals surface area contributed by atoms with Gasteiger partial charge in [-0.3, -0.25) is 4.90 Å². The third kappa shape index (κ3) is 2.87.